The van der Waals surface area contributed by atoms with E-state index in [1.165, 1.54) is 0 Å². The molecule has 0 aliphatic heterocycles. The van der Waals surface area contributed by atoms with Gasteiger partial charge >= 0.3 is 0 Å². The fourth-order valence-corrected chi connectivity index (χ4v) is 5.67. The number of ether oxygens (including phenoxy) is 2. The number of methoxy groups -OCH3 is 2. The first-order valence-corrected chi connectivity index (χ1v) is 12.7. The second-order valence-electron chi connectivity index (χ2n) is 7.71. The van der Waals surface area contributed by atoms with E-state index in [1.54, 1.807) is 20.5 Å². The number of alkyl halides is 1. The Morgan fingerprint density at radius 1 is 1.27 bits per heavy atom. The molecule has 1 saturated carbocycles. The second kappa shape index (κ2) is 9.37. The third-order valence-electron chi connectivity index (χ3n) is 5.86. The number of nitrogens with one attached hydrogen (secondary N) is 1. The van der Waals surface area contributed by atoms with Gasteiger partial charge in [0.05, 0.1) is 19.7 Å². The van der Waals surface area contributed by atoms with Gasteiger partial charge in [-0.2, -0.15) is 8.42 Å². The zero-order valence-electron chi connectivity index (χ0n) is 17.4. The first kappa shape index (κ1) is 23.2. The Morgan fingerprint density at radius 3 is 2.50 bits per heavy atom. The summed E-state index contributed by atoms with van der Waals surface area (Å²) in [7, 11) is 1.53. The van der Waals surface area contributed by atoms with E-state index < -0.39 is 10.2 Å². The molecule has 9 nitrogen and oxygen atoms in total. The highest BCUT2D eigenvalue weighted by atomic mass is 127. The van der Waals surface area contributed by atoms with Crippen molar-refractivity contribution in [3.63, 3.8) is 0 Å². The Labute approximate surface area is 191 Å². The Hall–Kier alpha value is -1.44. The standard InChI is InChI=1S/C19H28IN5O4S/c1-25(7-4-13(10-20)19(5-6-19)11-24-30(21,26)27)18-14-8-16(28-2)17(29-3)9-15(14)22-12-23-18/h8-9,12-13,24H,4-7,10-11H2,1-3H3,(H2,21,26,27). The first-order valence-electron chi connectivity index (χ1n) is 9.64. The van der Waals surface area contributed by atoms with Crippen LogP contribution in [0.3, 0.4) is 0 Å². The Bertz CT molecular complexity index is 1000. The monoisotopic (exact) mass is 549 g/mol. The van der Waals surface area contributed by atoms with Crippen LogP contribution in [-0.2, 0) is 10.2 Å². The molecule has 3 N–H and O–H groups in total. The number of halogens is 1. The van der Waals surface area contributed by atoms with E-state index in [4.69, 9.17) is 14.6 Å². The maximum Gasteiger partial charge on any atom is 0.274 e. The van der Waals surface area contributed by atoms with Crippen molar-refractivity contribution in [2.75, 3.05) is 43.7 Å². The zero-order valence-corrected chi connectivity index (χ0v) is 20.4. The minimum absolute atomic E-state index is 0.00119. The maximum atomic E-state index is 11.3. The molecule has 1 aliphatic carbocycles. The van der Waals surface area contributed by atoms with Crippen molar-refractivity contribution >= 4 is 49.5 Å². The van der Waals surface area contributed by atoms with Gasteiger partial charge in [-0.15, -0.1) is 0 Å². The van der Waals surface area contributed by atoms with Crippen LogP contribution >= 0.6 is 22.6 Å². The molecular formula is C19H28IN5O4S. The number of hydrogen-bond acceptors (Lipinski definition) is 7. The van der Waals surface area contributed by atoms with Gasteiger partial charge in [-0.05, 0) is 36.7 Å². The number of nitrogens with zero attached hydrogens (tertiary/aromatic N) is 3. The van der Waals surface area contributed by atoms with Gasteiger partial charge < -0.3 is 14.4 Å². The van der Waals surface area contributed by atoms with Crippen LogP contribution in [0.4, 0.5) is 5.82 Å². The molecule has 1 heterocycles. The molecular weight excluding hydrogens is 521 g/mol. The summed E-state index contributed by atoms with van der Waals surface area (Å²) in [5.74, 6) is 2.46. The van der Waals surface area contributed by atoms with Crippen molar-refractivity contribution in [3.8, 4) is 11.5 Å². The molecule has 2 aromatic rings. The third-order valence-corrected chi connectivity index (χ3v) is 7.47. The lowest BCUT2D eigenvalue weighted by molar-refractivity contribution is 0.324. The van der Waals surface area contributed by atoms with Crippen molar-refractivity contribution in [1.29, 1.82) is 0 Å². The van der Waals surface area contributed by atoms with Crippen LogP contribution in [0.2, 0.25) is 0 Å². The first-order chi connectivity index (χ1) is 14.2. The van der Waals surface area contributed by atoms with E-state index in [-0.39, 0.29) is 5.41 Å². The van der Waals surface area contributed by atoms with Crippen molar-refractivity contribution in [1.82, 2.24) is 14.7 Å². The highest BCUT2D eigenvalue weighted by Crippen LogP contribution is 2.53. The van der Waals surface area contributed by atoms with Crippen molar-refractivity contribution in [2.45, 2.75) is 19.3 Å². The fourth-order valence-electron chi connectivity index (χ4n) is 3.81. The van der Waals surface area contributed by atoms with Gasteiger partial charge in [-0.3, -0.25) is 0 Å². The summed E-state index contributed by atoms with van der Waals surface area (Å²) < 4.78 is 36.9. The summed E-state index contributed by atoms with van der Waals surface area (Å²) >= 11 is 2.39. The van der Waals surface area contributed by atoms with E-state index >= 15 is 0 Å². The molecule has 1 aromatic heterocycles. The molecule has 1 atom stereocenters. The lowest BCUT2D eigenvalue weighted by Gasteiger charge is -2.28. The van der Waals surface area contributed by atoms with E-state index in [1.807, 2.05) is 19.2 Å². The number of benzene rings is 1. The lowest BCUT2D eigenvalue weighted by atomic mass is 9.88. The zero-order chi connectivity index (χ0) is 21.9. The van der Waals surface area contributed by atoms with Crippen molar-refractivity contribution in [3.05, 3.63) is 18.5 Å². The number of rotatable bonds is 11. The molecule has 0 amide bonds. The van der Waals surface area contributed by atoms with E-state index in [2.05, 4.69) is 42.2 Å². The molecule has 0 spiro atoms. The second-order valence-corrected chi connectivity index (χ2v) is 9.97. The Kier molecular flexibility index (Phi) is 7.25. The largest absolute Gasteiger partial charge is 0.493 e. The topological polar surface area (TPSA) is 120 Å². The molecule has 166 valence electrons. The number of hydrogen-bond donors (Lipinski definition) is 2. The summed E-state index contributed by atoms with van der Waals surface area (Å²) in [6.45, 7) is 1.18. The number of anilines is 1. The molecule has 1 aromatic carbocycles. The Balaban J connectivity index is 1.75. The van der Waals surface area contributed by atoms with Gasteiger partial charge in [-0.1, -0.05) is 22.6 Å². The van der Waals surface area contributed by atoms with E-state index in [9.17, 15) is 8.42 Å². The SMILES string of the molecule is COc1cc2ncnc(N(C)CCC(CI)C3(CNS(N)(=O)=O)CC3)c2cc1OC. The summed E-state index contributed by atoms with van der Waals surface area (Å²) in [6, 6.07) is 3.74. The summed E-state index contributed by atoms with van der Waals surface area (Å²) in [5, 5.41) is 6.01. The molecule has 11 heteroatoms. The maximum absolute atomic E-state index is 11.3. The van der Waals surface area contributed by atoms with Gasteiger partial charge in [-0.25, -0.2) is 19.8 Å². The molecule has 30 heavy (non-hydrogen) atoms. The third kappa shape index (κ3) is 5.24. The van der Waals surface area contributed by atoms with E-state index in [0.717, 1.165) is 47.0 Å². The van der Waals surface area contributed by atoms with Crippen molar-refractivity contribution in [2.24, 2.45) is 16.5 Å². The van der Waals surface area contributed by atoms with Crippen LogP contribution in [0.5, 0.6) is 11.5 Å². The summed E-state index contributed by atoms with van der Waals surface area (Å²) in [6.07, 6.45) is 4.50. The van der Waals surface area contributed by atoms with Crippen LogP contribution in [-0.4, -0.2) is 57.2 Å². The van der Waals surface area contributed by atoms with Crippen LogP contribution in [0.25, 0.3) is 10.9 Å². The Morgan fingerprint density at radius 2 is 1.93 bits per heavy atom. The minimum Gasteiger partial charge on any atom is -0.493 e. The van der Waals surface area contributed by atoms with Gasteiger partial charge in [0.15, 0.2) is 11.5 Å². The smallest absolute Gasteiger partial charge is 0.274 e. The molecule has 0 radical (unpaired) electrons. The summed E-state index contributed by atoms with van der Waals surface area (Å²) in [5.41, 5.74) is 0.782. The van der Waals surface area contributed by atoms with Crippen LogP contribution < -0.4 is 24.2 Å². The van der Waals surface area contributed by atoms with Gasteiger partial charge in [0.25, 0.3) is 10.2 Å². The molecule has 1 fully saturated rings. The highest BCUT2D eigenvalue weighted by molar-refractivity contribution is 14.1. The van der Waals surface area contributed by atoms with Crippen molar-refractivity contribution < 1.29 is 17.9 Å². The molecule has 1 unspecified atom stereocenters. The van der Waals surface area contributed by atoms with Gasteiger partial charge in [0.2, 0.25) is 0 Å². The quantitative estimate of drug-likeness (QED) is 0.326. The highest BCUT2D eigenvalue weighted by Gasteiger charge is 2.48. The number of nitrogens with two attached hydrogens (primary N) is 1. The molecule has 0 bridgehead atoms. The number of aromatic nitrogens is 2. The van der Waals surface area contributed by atoms with Crippen LogP contribution in [0, 0.1) is 11.3 Å². The average molecular weight is 549 g/mol. The predicted molar refractivity (Wildman–Crippen MR) is 126 cm³/mol. The van der Waals surface area contributed by atoms with Crippen LogP contribution in [0.15, 0.2) is 18.5 Å². The average Bonchev–Trinajstić information content (AvgIpc) is 3.51. The van der Waals surface area contributed by atoms with Crippen LogP contribution in [0.1, 0.15) is 19.3 Å². The van der Waals surface area contributed by atoms with Gasteiger partial charge in [0, 0.05) is 36.0 Å². The molecule has 3 rings (SSSR count). The number of fused-ring (bicyclic) bond motifs is 1. The predicted octanol–water partition coefficient (Wildman–Crippen LogP) is 2.10. The van der Waals surface area contributed by atoms with E-state index in [0.29, 0.717) is 24.0 Å². The minimum atomic E-state index is -3.67. The molecule has 0 saturated heterocycles. The normalized spacial score (nSPS) is 16.3. The summed E-state index contributed by atoms with van der Waals surface area (Å²) in [4.78, 5) is 11.0. The molecule has 1 aliphatic rings. The lowest BCUT2D eigenvalue weighted by Crippen LogP contribution is -2.39. The van der Waals surface area contributed by atoms with Gasteiger partial charge in [0.1, 0.15) is 12.1 Å². The fraction of sp³-hybridized carbons (Fsp3) is 0.579.